The number of thioether (sulfide) groups is 1. The Labute approximate surface area is 216 Å². The number of ketones is 1. The Morgan fingerprint density at radius 1 is 1.08 bits per heavy atom. The monoisotopic (exact) mass is 520 g/mol. The zero-order valence-corrected chi connectivity index (χ0v) is 21.0. The molecule has 2 aromatic carbocycles. The van der Waals surface area contributed by atoms with Crippen LogP contribution in [0.15, 0.2) is 63.7 Å². The maximum atomic E-state index is 13.4. The SMILES string of the molecule is COc1ccc([C@H]2C3=C(CCCC3=O)Nc3nc(SCc4ccc([N+](=O)[O-])cc4)[nH]c(=O)c32)cc1OC. The maximum Gasteiger partial charge on any atom is 0.269 e. The summed E-state index contributed by atoms with van der Waals surface area (Å²) in [5.41, 5.74) is 3.02. The molecule has 0 fully saturated rings. The summed E-state index contributed by atoms with van der Waals surface area (Å²) in [6.45, 7) is 0. The fourth-order valence-electron chi connectivity index (χ4n) is 4.74. The Hall–Kier alpha value is -4.12. The largest absolute Gasteiger partial charge is 0.493 e. The predicted molar refractivity (Wildman–Crippen MR) is 138 cm³/mol. The fraction of sp³-hybridized carbons (Fsp3) is 0.269. The van der Waals surface area contributed by atoms with Crippen LogP contribution in [0.2, 0.25) is 0 Å². The van der Waals surface area contributed by atoms with Crippen molar-refractivity contribution in [3.63, 3.8) is 0 Å². The van der Waals surface area contributed by atoms with Crippen molar-refractivity contribution in [1.82, 2.24) is 9.97 Å². The van der Waals surface area contributed by atoms with Gasteiger partial charge in [-0.05, 0) is 36.1 Å². The first-order valence-electron chi connectivity index (χ1n) is 11.6. The molecule has 2 heterocycles. The first-order chi connectivity index (χ1) is 17.9. The van der Waals surface area contributed by atoms with E-state index in [2.05, 4.69) is 15.3 Å². The highest BCUT2D eigenvalue weighted by Gasteiger charge is 2.38. The van der Waals surface area contributed by atoms with E-state index in [0.29, 0.717) is 52.2 Å². The molecule has 0 amide bonds. The number of rotatable bonds is 7. The number of hydrogen-bond donors (Lipinski definition) is 2. The number of methoxy groups -OCH3 is 2. The normalized spacial score (nSPS) is 16.5. The second kappa shape index (κ2) is 10.1. The number of aromatic nitrogens is 2. The van der Waals surface area contributed by atoms with Gasteiger partial charge in [-0.25, -0.2) is 4.98 Å². The number of benzene rings is 2. The Morgan fingerprint density at radius 2 is 1.84 bits per heavy atom. The van der Waals surface area contributed by atoms with Gasteiger partial charge >= 0.3 is 0 Å². The highest BCUT2D eigenvalue weighted by atomic mass is 32.2. The number of aromatic amines is 1. The highest BCUT2D eigenvalue weighted by Crippen LogP contribution is 2.45. The van der Waals surface area contributed by atoms with Gasteiger partial charge in [0.15, 0.2) is 22.4 Å². The molecule has 0 radical (unpaired) electrons. The summed E-state index contributed by atoms with van der Waals surface area (Å²) in [6, 6.07) is 11.6. The standard InChI is InChI=1S/C26H24N4O6S/c1-35-19-11-8-15(12-20(19)36-2)21-22-17(4-3-5-18(22)31)27-24-23(21)25(32)29-26(28-24)37-13-14-6-9-16(10-7-14)30(33)34/h6-12,21H,3-5,13H2,1-2H3,(H2,27,28,29,32)/t21-/m0/s1. The van der Waals surface area contributed by atoms with Crippen molar-refractivity contribution < 1.29 is 19.2 Å². The molecule has 1 aromatic heterocycles. The topological polar surface area (TPSA) is 136 Å². The summed E-state index contributed by atoms with van der Waals surface area (Å²) in [6.07, 6.45) is 1.84. The van der Waals surface area contributed by atoms with Crippen molar-refractivity contribution in [1.29, 1.82) is 0 Å². The number of Topliss-reactive ketones (excluding diaryl/α,β-unsaturated/α-hetero) is 1. The van der Waals surface area contributed by atoms with Gasteiger partial charge in [-0.15, -0.1) is 0 Å². The molecule has 2 N–H and O–H groups in total. The first-order valence-corrected chi connectivity index (χ1v) is 12.6. The van der Waals surface area contributed by atoms with Crippen LogP contribution in [-0.2, 0) is 10.5 Å². The van der Waals surface area contributed by atoms with Gasteiger partial charge in [-0.1, -0.05) is 30.0 Å². The molecule has 1 aliphatic heterocycles. The van der Waals surface area contributed by atoms with Crippen LogP contribution in [0.1, 0.15) is 41.9 Å². The molecular formula is C26H24N4O6S. The van der Waals surface area contributed by atoms with E-state index in [1.54, 1.807) is 31.4 Å². The van der Waals surface area contributed by atoms with Crippen molar-refractivity contribution in [3.05, 3.63) is 90.9 Å². The van der Waals surface area contributed by atoms with E-state index in [1.807, 2.05) is 6.07 Å². The van der Waals surface area contributed by atoms with Gasteiger partial charge in [0.25, 0.3) is 11.2 Å². The van der Waals surface area contributed by atoms with E-state index >= 15 is 0 Å². The van der Waals surface area contributed by atoms with Crippen LogP contribution in [0.25, 0.3) is 0 Å². The van der Waals surface area contributed by atoms with E-state index in [-0.39, 0.29) is 17.0 Å². The highest BCUT2D eigenvalue weighted by molar-refractivity contribution is 7.98. The van der Waals surface area contributed by atoms with Crippen molar-refractivity contribution in [2.24, 2.45) is 0 Å². The average Bonchev–Trinajstić information content (AvgIpc) is 2.90. The Bertz CT molecular complexity index is 1480. The summed E-state index contributed by atoms with van der Waals surface area (Å²) in [7, 11) is 3.09. The summed E-state index contributed by atoms with van der Waals surface area (Å²) >= 11 is 1.32. The zero-order valence-electron chi connectivity index (χ0n) is 20.2. The van der Waals surface area contributed by atoms with Crippen LogP contribution >= 0.6 is 11.8 Å². The molecule has 0 saturated heterocycles. The summed E-state index contributed by atoms with van der Waals surface area (Å²) in [5.74, 6) is 1.35. The van der Waals surface area contributed by atoms with Crippen molar-refractivity contribution in [3.8, 4) is 11.5 Å². The molecule has 0 saturated carbocycles. The second-order valence-corrected chi connectivity index (χ2v) is 9.65. The van der Waals surface area contributed by atoms with E-state index in [9.17, 15) is 19.7 Å². The third kappa shape index (κ3) is 4.69. The van der Waals surface area contributed by atoms with Gasteiger partial charge in [0.2, 0.25) is 0 Å². The summed E-state index contributed by atoms with van der Waals surface area (Å²) < 4.78 is 10.8. The lowest BCUT2D eigenvalue weighted by molar-refractivity contribution is -0.384. The minimum Gasteiger partial charge on any atom is -0.493 e. The van der Waals surface area contributed by atoms with Crippen molar-refractivity contribution >= 4 is 29.1 Å². The molecule has 0 bridgehead atoms. The van der Waals surface area contributed by atoms with E-state index in [4.69, 9.17) is 9.47 Å². The lowest BCUT2D eigenvalue weighted by Crippen LogP contribution is -2.32. The van der Waals surface area contributed by atoms with Crippen LogP contribution in [0.4, 0.5) is 11.5 Å². The van der Waals surface area contributed by atoms with Crippen LogP contribution in [-0.4, -0.2) is 34.9 Å². The molecule has 2 aliphatic rings. The Morgan fingerprint density at radius 3 is 2.54 bits per heavy atom. The quantitative estimate of drug-likeness (QED) is 0.199. The lowest BCUT2D eigenvalue weighted by Gasteiger charge is -2.33. The number of H-pyrrole nitrogens is 1. The predicted octanol–water partition coefficient (Wildman–Crippen LogP) is 4.55. The first kappa shape index (κ1) is 24.6. The van der Waals surface area contributed by atoms with Crippen LogP contribution in [0.5, 0.6) is 11.5 Å². The Balaban J connectivity index is 1.53. The third-order valence-electron chi connectivity index (χ3n) is 6.50. The molecule has 3 aromatic rings. The van der Waals surface area contributed by atoms with Crippen LogP contribution in [0.3, 0.4) is 0 Å². The number of fused-ring (bicyclic) bond motifs is 1. The molecule has 0 spiro atoms. The number of nitrogens with one attached hydrogen (secondary N) is 2. The van der Waals surface area contributed by atoms with Gasteiger partial charge in [-0.3, -0.25) is 19.7 Å². The summed E-state index contributed by atoms with van der Waals surface area (Å²) in [5, 5.41) is 14.6. The summed E-state index contributed by atoms with van der Waals surface area (Å²) in [4.78, 5) is 44.5. The number of carbonyl (C=O) groups is 1. The minimum atomic E-state index is -0.594. The molecule has 1 atom stereocenters. The number of nitrogens with zero attached hydrogens (tertiary/aromatic N) is 2. The molecule has 1 aliphatic carbocycles. The number of hydrogen-bond acceptors (Lipinski definition) is 9. The Kier molecular flexibility index (Phi) is 6.70. The molecule has 0 unspecified atom stereocenters. The van der Waals surface area contributed by atoms with Gasteiger partial charge in [-0.2, -0.15) is 0 Å². The van der Waals surface area contributed by atoms with Gasteiger partial charge < -0.3 is 19.8 Å². The van der Waals surface area contributed by atoms with E-state index < -0.39 is 10.8 Å². The van der Waals surface area contributed by atoms with Crippen LogP contribution < -0.4 is 20.3 Å². The number of nitro groups is 1. The average molecular weight is 521 g/mol. The number of ether oxygens (including phenoxy) is 2. The van der Waals surface area contributed by atoms with E-state index in [1.165, 1.54) is 31.0 Å². The number of carbonyl (C=O) groups excluding carboxylic acids is 1. The molecule has 10 nitrogen and oxygen atoms in total. The number of anilines is 1. The van der Waals surface area contributed by atoms with E-state index in [0.717, 1.165) is 23.2 Å². The number of nitro benzene ring substituents is 1. The minimum absolute atomic E-state index is 0.00945. The molecule has 5 rings (SSSR count). The molecular weight excluding hydrogens is 496 g/mol. The van der Waals surface area contributed by atoms with Crippen LogP contribution in [0, 0.1) is 10.1 Å². The fourth-order valence-corrected chi connectivity index (χ4v) is 5.56. The second-order valence-electron chi connectivity index (χ2n) is 8.69. The van der Waals surface area contributed by atoms with Crippen molar-refractivity contribution in [2.45, 2.75) is 36.1 Å². The molecule has 37 heavy (non-hydrogen) atoms. The van der Waals surface area contributed by atoms with Gasteiger partial charge in [0.05, 0.1) is 24.7 Å². The smallest absolute Gasteiger partial charge is 0.269 e. The maximum absolute atomic E-state index is 13.4. The lowest BCUT2D eigenvalue weighted by atomic mass is 9.76. The number of allylic oxidation sites excluding steroid dienone is 2. The zero-order chi connectivity index (χ0) is 26.1. The van der Waals surface area contributed by atoms with Gasteiger partial charge in [0, 0.05) is 41.5 Å². The number of non-ortho nitro benzene ring substituents is 1. The van der Waals surface area contributed by atoms with Crippen molar-refractivity contribution in [2.75, 3.05) is 19.5 Å². The molecule has 190 valence electrons. The van der Waals surface area contributed by atoms with Gasteiger partial charge in [0.1, 0.15) is 5.82 Å². The molecule has 11 heteroatoms. The third-order valence-corrected chi connectivity index (χ3v) is 7.44.